The minimum Gasteiger partial charge on any atom is -0.391 e. The number of nitro groups is 1. The van der Waals surface area contributed by atoms with Crippen LogP contribution in [0.3, 0.4) is 0 Å². The number of β-amino-alcohol motifs (C(OH)–C–C–N with tert-alkyl or cyclic N) is 1. The minimum atomic E-state index is -0.509. The van der Waals surface area contributed by atoms with Gasteiger partial charge in [0, 0.05) is 24.8 Å². The second-order valence-corrected chi connectivity index (χ2v) is 4.19. The molecule has 1 atom stereocenters. The van der Waals surface area contributed by atoms with E-state index in [2.05, 4.69) is 0 Å². The molecule has 1 aromatic carbocycles. The molecule has 6 heteroatoms. The first kappa shape index (κ1) is 11.2. The minimum absolute atomic E-state index is 0.0924. The average molecular weight is 243 g/mol. The SMILES string of the molecule is O=[N+]([O-])c1ccc(N2CC[C@H](O)C2)cc1Cl. The first-order chi connectivity index (χ1) is 7.58. The fourth-order valence-corrected chi connectivity index (χ4v) is 2.06. The predicted octanol–water partition coefficient (Wildman–Crippen LogP) is 1.82. The second-order valence-electron chi connectivity index (χ2n) is 3.78. The van der Waals surface area contributed by atoms with Crippen LogP contribution in [0.2, 0.25) is 5.02 Å². The van der Waals surface area contributed by atoms with Gasteiger partial charge in [-0.1, -0.05) is 11.6 Å². The number of benzene rings is 1. The van der Waals surface area contributed by atoms with Gasteiger partial charge in [-0.15, -0.1) is 0 Å². The Bertz CT molecular complexity index is 425. The van der Waals surface area contributed by atoms with E-state index in [4.69, 9.17) is 11.6 Å². The molecule has 5 nitrogen and oxygen atoms in total. The lowest BCUT2D eigenvalue weighted by Gasteiger charge is -2.17. The molecule has 0 radical (unpaired) electrons. The number of nitro benzene ring substituents is 1. The number of nitrogens with zero attached hydrogens (tertiary/aromatic N) is 2. The number of hydrogen-bond donors (Lipinski definition) is 1. The molecule has 0 aromatic heterocycles. The Kier molecular flexibility index (Phi) is 2.98. The topological polar surface area (TPSA) is 66.6 Å². The molecule has 16 heavy (non-hydrogen) atoms. The molecule has 0 aliphatic carbocycles. The van der Waals surface area contributed by atoms with Crippen LogP contribution >= 0.6 is 11.6 Å². The van der Waals surface area contributed by atoms with Gasteiger partial charge in [0.05, 0.1) is 11.0 Å². The Hall–Kier alpha value is -1.33. The van der Waals surface area contributed by atoms with E-state index in [1.807, 2.05) is 4.90 Å². The van der Waals surface area contributed by atoms with E-state index in [-0.39, 0.29) is 16.8 Å². The smallest absolute Gasteiger partial charge is 0.288 e. The average Bonchev–Trinajstić information content (AvgIpc) is 2.64. The van der Waals surface area contributed by atoms with Crippen LogP contribution in [0, 0.1) is 10.1 Å². The lowest BCUT2D eigenvalue weighted by atomic mass is 10.2. The zero-order chi connectivity index (χ0) is 11.7. The van der Waals surface area contributed by atoms with Crippen molar-refractivity contribution in [3.63, 3.8) is 0 Å². The molecule has 1 fully saturated rings. The third-order valence-electron chi connectivity index (χ3n) is 2.66. The van der Waals surface area contributed by atoms with Gasteiger partial charge in [0.2, 0.25) is 0 Å². The van der Waals surface area contributed by atoms with Gasteiger partial charge >= 0.3 is 0 Å². The molecule has 1 saturated heterocycles. The van der Waals surface area contributed by atoms with Crippen LogP contribution in [0.5, 0.6) is 0 Å². The highest BCUT2D eigenvalue weighted by atomic mass is 35.5. The largest absolute Gasteiger partial charge is 0.391 e. The number of aliphatic hydroxyl groups excluding tert-OH is 1. The van der Waals surface area contributed by atoms with Crippen LogP contribution in [0.25, 0.3) is 0 Å². The van der Waals surface area contributed by atoms with E-state index in [1.54, 1.807) is 12.1 Å². The lowest BCUT2D eigenvalue weighted by molar-refractivity contribution is -0.384. The van der Waals surface area contributed by atoms with Crippen molar-refractivity contribution in [3.05, 3.63) is 33.3 Å². The molecular weight excluding hydrogens is 232 g/mol. The summed E-state index contributed by atoms with van der Waals surface area (Å²) >= 11 is 5.81. The van der Waals surface area contributed by atoms with E-state index < -0.39 is 4.92 Å². The summed E-state index contributed by atoms with van der Waals surface area (Å²) in [5.41, 5.74) is 0.720. The number of aliphatic hydroxyl groups is 1. The highest BCUT2D eigenvalue weighted by Crippen LogP contribution is 2.30. The molecule has 1 aromatic rings. The number of hydrogen-bond acceptors (Lipinski definition) is 4. The zero-order valence-electron chi connectivity index (χ0n) is 8.47. The summed E-state index contributed by atoms with van der Waals surface area (Å²) in [6.07, 6.45) is 0.392. The summed E-state index contributed by atoms with van der Waals surface area (Å²) in [5, 5.41) is 20.1. The normalized spacial score (nSPS) is 20.1. The van der Waals surface area contributed by atoms with E-state index >= 15 is 0 Å². The Morgan fingerprint density at radius 1 is 1.56 bits per heavy atom. The molecular formula is C10H11ClN2O3. The summed E-state index contributed by atoms with van der Waals surface area (Å²) in [7, 11) is 0. The molecule has 86 valence electrons. The van der Waals surface area contributed by atoms with Crippen molar-refractivity contribution in [2.24, 2.45) is 0 Å². The predicted molar refractivity (Wildman–Crippen MR) is 60.9 cm³/mol. The van der Waals surface area contributed by atoms with Gasteiger partial charge in [0.1, 0.15) is 5.02 Å². The molecule has 1 heterocycles. The lowest BCUT2D eigenvalue weighted by Crippen LogP contribution is -2.20. The van der Waals surface area contributed by atoms with Crippen molar-refractivity contribution in [1.82, 2.24) is 0 Å². The summed E-state index contributed by atoms with van der Waals surface area (Å²) in [6, 6.07) is 4.61. The van der Waals surface area contributed by atoms with Crippen molar-refractivity contribution in [1.29, 1.82) is 0 Å². The van der Waals surface area contributed by atoms with E-state index in [1.165, 1.54) is 6.07 Å². The molecule has 1 aliphatic heterocycles. The molecule has 1 N–H and O–H groups in total. The van der Waals surface area contributed by atoms with Crippen LogP contribution in [0.15, 0.2) is 18.2 Å². The monoisotopic (exact) mass is 242 g/mol. The van der Waals surface area contributed by atoms with Gasteiger partial charge in [-0.25, -0.2) is 0 Å². The maximum Gasteiger partial charge on any atom is 0.288 e. The molecule has 0 amide bonds. The third kappa shape index (κ3) is 2.10. The molecule has 0 spiro atoms. The Morgan fingerprint density at radius 3 is 2.81 bits per heavy atom. The maximum absolute atomic E-state index is 10.6. The van der Waals surface area contributed by atoms with Gasteiger partial charge in [0.25, 0.3) is 5.69 Å². The number of rotatable bonds is 2. The first-order valence-corrected chi connectivity index (χ1v) is 5.32. The first-order valence-electron chi connectivity index (χ1n) is 4.95. The van der Waals surface area contributed by atoms with Crippen molar-refractivity contribution < 1.29 is 10.0 Å². The fourth-order valence-electron chi connectivity index (χ4n) is 1.82. The standard InChI is InChI=1S/C10H11ClN2O3/c11-9-5-7(1-2-10(9)13(15)16)12-4-3-8(14)6-12/h1-2,5,8,14H,3-4,6H2/t8-/m0/s1. The van der Waals surface area contributed by atoms with Gasteiger partial charge in [-0.3, -0.25) is 10.1 Å². The summed E-state index contributed by atoms with van der Waals surface area (Å²) < 4.78 is 0. The van der Waals surface area contributed by atoms with Crippen LogP contribution in [-0.2, 0) is 0 Å². The molecule has 0 unspecified atom stereocenters. The third-order valence-corrected chi connectivity index (χ3v) is 2.96. The Morgan fingerprint density at radius 2 is 2.31 bits per heavy atom. The van der Waals surface area contributed by atoms with Gasteiger partial charge in [0.15, 0.2) is 0 Å². The van der Waals surface area contributed by atoms with Gasteiger partial charge < -0.3 is 10.0 Å². The maximum atomic E-state index is 10.6. The van der Waals surface area contributed by atoms with Crippen LogP contribution in [0.4, 0.5) is 11.4 Å². The molecule has 0 saturated carbocycles. The van der Waals surface area contributed by atoms with Crippen molar-refractivity contribution >= 4 is 23.0 Å². The highest BCUT2D eigenvalue weighted by Gasteiger charge is 2.22. The van der Waals surface area contributed by atoms with Crippen LogP contribution < -0.4 is 4.90 Å². The highest BCUT2D eigenvalue weighted by molar-refractivity contribution is 6.32. The van der Waals surface area contributed by atoms with Crippen LogP contribution in [0.1, 0.15) is 6.42 Å². The van der Waals surface area contributed by atoms with E-state index in [9.17, 15) is 15.2 Å². The fraction of sp³-hybridized carbons (Fsp3) is 0.400. The Balaban J connectivity index is 2.24. The van der Waals surface area contributed by atoms with Gasteiger partial charge in [-0.05, 0) is 18.6 Å². The van der Waals surface area contributed by atoms with E-state index in [0.29, 0.717) is 13.0 Å². The summed E-state index contributed by atoms with van der Waals surface area (Å²) in [5.74, 6) is 0. The molecule has 1 aliphatic rings. The number of halogens is 1. The van der Waals surface area contributed by atoms with Crippen molar-refractivity contribution in [2.45, 2.75) is 12.5 Å². The number of anilines is 1. The van der Waals surface area contributed by atoms with Crippen LogP contribution in [-0.4, -0.2) is 29.2 Å². The summed E-state index contributed by atoms with van der Waals surface area (Å²) in [6.45, 7) is 1.30. The molecule has 2 rings (SSSR count). The molecule has 0 bridgehead atoms. The quantitative estimate of drug-likeness (QED) is 0.635. The van der Waals surface area contributed by atoms with Gasteiger partial charge in [-0.2, -0.15) is 0 Å². The zero-order valence-corrected chi connectivity index (χ0v) is 9.22. The summed E-state index contributed by atoms with van der Waals surface area (Å²) in [4.78, 5) is 12.0. The van der Waals surface area contributed by atoms with Crippen molar-refractivity contribution in [2.75, 3.05) is 18.0 Å². The van der Waals surface area contributed by atoms with Crippen molar-refractivity contribution in [3.8, 4) is 0 Å². The Labute approximate surface area is 97.4 Å². The van der Waals surface area contributed by atoms with E-state index in [0.717, 1.165) is 12.2 Å². The second kappa shape index (κ2) is 4.27.